The standard InChI is InChI=1S/C27H25F2N3O5/c1-27(2)36-22-14-18(13-21(34-3)24(22)37-27)30-26(33)32-15-20(16-7-5-4-6-8-16)23(31-32)17-9-11-19(12-10-17)35-25(28)29/h4-14,20,25H,15H2,1-3H3,(H,30,33). The molecule has 8 nitrogen and oxygen atoms in total. The van der Waals surface area contributed by atoms with Gasteiger partial charge in [0.1, 0.15) is 5.75 Å². The molecule has 0 saturated heterocycles. The summed E-state index contributed by atoms with van der Waals surface area (Å²) in [5.74, 6) is 0.320. The molecule has 0 fully saturated rings. The van der Waals surface area contributed by atoms with Gasteiger partial charge in [-0.3, -0.25) is 0 Å². The minimum absolute atomic E-state index is 0.0446. The van der Waals surface area contributed by atoms with Crippen molar-refractivity contribution < 1.29 is 32.5 Å². The van der Waals surface area contributed by atoms with Crippen molar-refractivity contribution in [3.05, 3.63) is 77.9 Å². The van der Waals surface area contributed by atoms with Gasteiger partial charge in [0, 0.05) is 31.9 Å². The van der Waals surface area contributed by atoms with Crippen LogP contribution < -0.4 is 24.3 Å². The molecule has 3 aromatic rings. The van der Waals surface area contributed by atoms with Crippen LogP contribution in [0.15, 0.2) is 71.8 Å². The number of hydrogen-bond donors (Lipinski definition) is 1. The van der Waals surface area contributed by atoms with Crippen molar-refractivity contribution in [2.75, 3.05) is 19.0 Å². The Morgan fingerprint density at radius 2 is 1.84 bits per heavy atom. The Morgan fingerprint density at radius 1 is 1.11 bits per heavy atom. The first-order valence-electron chi connectivity index (χ1n) is 11.6. The van der Waals surface area contributed by atoms with Crippen LogP contribution in [0.1, 0.15) is 30.9 Å². The van der Waals surface area contributed by atoms with E-state index in [1.807, 2.05) is 30.3 Å². The highest BCUT2D eigenvalue weighted by atomic mass is 19.3. The first-order chi connectivity index (χ1) is 17.7. The highest BCUT2D eigenvalue weighted by Gasteiger charge is 2.36. The molecule has 10 heteroatoms. The fourth-order valence-electron chi connectivity index (χ4n) is 4.34. The quantitative estimate of drug-likeness (QED) is 0.452. The van der Waals surface area contributed by atoms with E-state index in [9.17, 15) is 13.6 Å². The van der Waals surface area contributed by atoms with Gasteiger partial charge >= 0.3 is 12.6 Å². The molecule has 2 amide bonds. The van der Waals surface area contributed by atoms with Gasteiger partial charge < -0.3 is 24.3 Å². The van der Waals surface area contributed by atoms with Crippen LogP contribution in [-0.2, 0) is 0 Å². The van der Waals surface area contributed by atoms with Gasteiger partial charge in [0.25, 0.3) is 0 Å². The summed E-state index contributed by atoms with van der Waals surface area (Å²) in [6, 6.07) is 18.7. The lowest BCUT2D eigenvalue weighted by Crippen LogP contribution is -2.30. The van der Waals surface area contributed by atoms with Gasteiger partial charge in [-0.2, -0.15) is 13.9 Å². The Kier molecular flexibility index (Phi) is 6.32. The molecular formula is C27H25F2N3O5. The smallest absolute Gasteiger partial charge is 0.387 e. The van der Waals surface area contributed by atoms with Crippen molar-refractivity contribution in [2.45, 2.75) is 32.2 Å². The molecule has 192 valence electrons. The third-order valence-corrected chi connectivity index (χ3v) is 5.92. The topological polar surface area (TPSA) is 81.6 Å². The first kappa shape index (κ1) is 24.4. The summed E-state index contributed by atoms with van der Waals surface area (Å²) in [4.78, 5) is 13.3. The largest absolute Gasteiger partial charge is 0.493 e. The molecule has 0 spiro atoms. The highest BCUT2D eigenvalue weighted by Crippen LogP contribution is 2.47. The van der Waals surface area contributed by atoms with E-state index >= 15 is 0 Å². The van der Waals surface area contributed by atoms with Gasteiger partial charge in [0.2, 0.25) is 11.5 Å². The van der Waals surface area contributed by atoms with Gasteiger partial charge in [-0.05, 0) is 35.4 Å². The van der Waals surface area contributed by atoms with E-state index < -0.39 is 18.4 Å². The average molecular weight is 510 g/mol. The number of carbonyl (C=O) groups is 1. The van der Waals surface area contributed by atoms with Crippen molar-refractivity contribution >= 4 is 17.4 Å². The summed E-state index contributed by atoms with van der Waals surface area (Å²) in [5.41, 5.74) is 2.75. The second-order valence-electron chi connectivity index (χ2n) is 8.97. The third-order valence-electron chi connectivity index (χ3n) is 5.92. The van der Waals surface area contributed by atoms with E-state index in [1.54, 1.807) is 38.1 Å². The fraction of sp³-hybridized carbons (Fsp3) is 0.259. The summed E-state index contributed by atoms with van der Waals surface area (Å²) in [6.07, 6.45) is 0. The van der Waals surface area contributed by atoms with Crippen LogP contribution in [0.25, 0.3) is 0 Å². The molecule has 37 heavy (non-hydrogen) atoms. The zero-order valence-corrected chi connectivity index (χ0v) is 20.4. The van der Waals surface area contributed by atoms with Crippen molar-refractivity contribution in [3.63, 3.8) is 0 Å². The van der Waals surface area contributed by atoms with Crippen LogP contribution in [0.2, 0.25) is 0 Å². The van der Waals surface area contributed by atoms with E-state index in [4.69, 9.17) is 14.2 Å². The maximum absolute atomic E-state index is 13.3. The molecule has 1 unspecified atom stereocenters. The summed E-state index contributed by atoms with van der Waals surface area (Å²) in [7, 11) is 1.51. The molecule has 3 aromatic carbocycles. The van der Waals surface area contributed by atoms with Gasteiger partial charge in [0.05, 0.1) is 25.1 Å². The Morgan fingerprint density at radius 3 is 2.51 bits per heavy atom. The molecule has 2 heterocycles. The van der Waals surface area contributed by atoms with Crippen LogP contribution in [0, 0.1) is 0 Å². The molecule has 1 N–H and O–H groups in total. The number of hydrogen-bond acceptors (Lipinski definition) is 6. The lowest BCUT2D eigenvalue weighted by molar-refractivity contribution is -0.0499. The predicted molar refractivity (Wildman–Crippen MR) is 133 cm³/mol. The second kappa shape index (κ2) is 9.61. The number of anilines is 1. The van der Waals surface area contributed by atoms with E-state index in [1.165, 1.54) is 24.3 Å². The number of hydrazone groups is 1. The van der Waals surface area contributed by atoms with Gasteiger partial charge in [-0.1, -0.05) is 30.3 Å². The predicted octanol–water partition coefficient (Wildman–Crippen LogP) is 5.84. The van der Waals surface area contributed by atoms with Gasteiger partial charge in [-0.25, -0.2) is 9.80 Å². The zero-order chi connectivity index (χ0) is 26.2. The summed E-state index contributed by atoms with van der Waals surface area (Å²) >= 11 is 0. The molecule has 0 radical (unpaired) electrons. The van der Waals surface area contributed by atoms with Gasteiger partial charge in [-0.15, -0.1) is 0 Å². The monoisotopic (exact) mass is 509 g/mol. The molecule has 0 bridgehead atoms. The highest BCUT2D eigenvalue weighted by molar-refractivity contribution is 6.08. The summed E-state index contributed by atoms with van der Waals surface area (Å²) < 4.78 is 46.6. The van der Waals surface area contributed by atoms with Crippen molar-refractivity contribution in [3.8, 4) is 23.0 Å². The van der Waals surface area contributed by atoms with Crippen molar-refractivity contribution in [1.29, 1.82) is 0 Å². The molecule has 5 rings (SSSR count). The molecule has 0 saturated carbocycles. The van der Waals surface area contributed by atoms with Crippen LogP contribution in [0.3, 0.4) is 0 Å². The van der Waals surface area contributed by atoms with Crippen LogP contribution in [-0.4, -0.2) is 42.8 Å². The number of benzene rings is 3. The molecule has 2 aliphatic heterocycles. The number of nitrogens with zero attached hydrogens (tertiary/aromatic N) is 2. The van der Waals surface area contributed by atoms with Gasteiger partial charge in [0.15, 0.2) is 11.5 Å². The number of methoxy groups -OCH3 is 1. The summed E-state index contributed by atoms with van der Waals surface area (Å²) in [6.45, 7) is 0.934. The summed E-state index contributed by atoms with van der Waals surface area (Å²) in [5, 5.41) is 8.80. The Labute approximate surface area is 212 Å². The molecule has 1 atom stereocenters. The minimum Gasteiger partial charge on any atom is -0.493 e. The Bertz CT molecular complexity index is 1330. The zero-order valence-electron chi connectivity index (χ0n) is 20.4. The number of halogens is 2. The lowest BCUT2D eigenvalue weighted by atomic mass is 9.90. The number of nitrogens with one attached hydrogen (secondary N) is 1. The minimum atomic E-state index is -2.91. The van der Waals surface area contributed by atoms with Crippen LogP contribution in [0.5, 0.6) is 23.0 Å². The van der Waals surface area contributed by atoms with Crippen molar-refractivity contribution in [2.24, 2.45) is 5.10 Å². The van der Waals surface area contributed by atoms with E-state index in [0.717, 1.165) is 5.56 Å². The number of carbonyl (C=O) groups excluding carboxylic acids is 1. The number of ether oxygens (including phenoxy) is 4. The second-order valence-corrected chi connectivity index (χ2v) is 8.97. The maximum atomic E-state index is 13.3. The van der Waals surface area contributed by atoms with E-state index in [2.05, 4.69) is 15.2 Å². The van der Waals surface area contributed by atoms with Crippen LogP contribution in [0.4, 0.5) is 19.3 Å². The molecule has 2 aliphatic rings. The normalized spacial score (nSPS) is 17.5. The first-order valence-corrected chi connectivity index (χ1v) is 11.6. The number of fused-ring (bicyclic) bond motifs is 1. The molecular weight excluding hydrogens is 484 g/mol. The van der Waals surface area contributed by atoms with Crippen LogP contribution >= 0.6 is 0 Å². The number of rotatable bonds is 6. The third kappa shape index (κ3) is 5.13. The number of urea groups is 1. The number of amides is 2. The lowest BCUT2D eigenvalue weighted by Gasteiger charge is -2.16. The molecule has 0 aliphatic carbocycles. The average Bonchev–Trinajstić information content (AvgIpc) is 3.44. The fourth-order valence-corrected chi connectivity index (χ4v) is 4.34. The Hall–Kier alpha value is -4.34. The Balaban J connectivity index is 1.41. The van der Waals surface area contributed by atoms with E-state index in [0.29, 0.717) is 34.2 Å². The SMILES string of the molecule is COc1cc(NC(=O)N2CC(c3ccccc3)C(c3ccc(OC(F)F)cc3)=N2)cc2c1OC(C)(C)O2. The van der Waals surface area contributed by atoms with Crippen molar-refractivity contribution in [1.82, 2.24) is 5.01 Å². The maximum Gasteiger partial charge on any atom is 0.387 e. The van der Waals surface area contributed by atoms with E-state index in [-0.39, 0.29) is 18.2 Å². The molecule has 0 aromatic heterocycles. The number of alkyl halides is 2.